The zero-order valence-corrected chi connectivity index (χ0v) is 18.1. The molecule has 0 aliphatic carbocycles. The van der Waals surface area contributed by atoms with Gasteiger partial charge in [0.25, 0.3) is 0 Å². The average molecular weight is 475 g/mol. The molecule has 1 heterocycles. The van der Waals surface area contributed by atoms with E-state index in [1.54, 1.807) is 24.3 Å². The summed E-state index contributed by atoms with van der Waals surface area (Å²) in [5.74, 6) is -2.13. The molecule has 1 aromatic heterocycles. The number of benzene rings is 3. The molecule has 1 N–H and O–H groups in total. The van der Waals surface area contributed by atoms with Gasteiger partial charge in [-0.2, -0.15) is 0 Å². The fraction of sp³-hybridized carbons (Fsp3) is 0.0870. The Hall–Kier alpha value is -3.23. The maximum absolute atomic E-state index is 14.0. The minimum atomic E-state index is -3.84. The van der Waals surface area contributed by atoms with Crippen LogP contribution in [0.15, 0.2) is 77.8 Å². The van der Waals surface area contributed by atoms with Crippen molar-refractivity contribution in [1.82, 2.24) is 4.57 Å². The highest BCUT2D eigenvalue weighted by atomic mass is 35.5. The Morgan fingerprint density at radius 3 is 2.53 bits per heavy atom. The van der Waals surface area contributed by atoms with Crippen molar-refractivity contribution >= 4 is 43.9 Å². The number of aromatic nitrogens is 1. The number of nitrogens with one attached hydrogen (secondary N) is 1. The van der Waals surface area contributed by atoms with Crippen LogP contribution in [-0.2, 0) is 26.9 Å². The normalized spacial score (nSPS) is 11.6. The van der Waals surface area contributed by atoms with E-state index < -0.39 is 27.4 Å². The minimum Gasteiger partial charge on any atom is -0.337 e. The van der Waals surface area contributed by atoms with Gasteiger partial charge in [0.05, 0.1) is 16.3 Å². The summed E-state index contributed by atoms with van der Waals surface area (Å²) >= 11 is 5.73. The number of fused-ring (bicyclic) bond motifs is 1. The Bertz CT molecular complexity index is 1430. The van der Waals surface area contributed by atoms with Gasteiger partial charge in [-0.15, -0.1) is 0 Å². The van der Waals surface area contributed by atoms with Crippen LogP contribution in [0.1, 0.15) is 5.56 Å². The first-order valence-electron chi connectivity index (χ1n) is 9.53. The molecule has 9 heteroatoms. The highest BCUT2D eigenvalue weighted by molar-refractivity contribution is 7.90. The Morgan fingerprint density at radius 1 is 1.00 bits per heavy atom. The van der Waals surface area contributed by atoms with E-state index in [0.29, 0.717) is 16.5 Å². The fourth-order valence-corrected chi connectivity index (χ4v) is 5.18. The Kier molecular flexibility index (Phi) is 5.99. The topological polar surface area (TPSA) is 68.2 Å². The molecular formula is C23H17ClF2N2O3S. The number of carbonyl (C=O) groups is 1. The van der Waals surface area contributed by atoms with Gasteiger partial charge in [0.2, 0.25) is 5.91 Å². The van der Waals surface area contributed by atoms with Gasteiger partial charge in [-0.05, 0) is 42.0 Å². The van der Waals surface area contributed by atoms with Crippen molar-refractivity contribution in [2.75, 3.05) is 5.32 Å². The van der Waals surface area contributed by atoms with Crippen LogP contribution in [0.2, 0.25) is 5.02 Å². The number of rotatable bonds is 6. The lowest BCUT2D eigenvalue weighted by Gasteiger charge is -2.08. The molecule has 0 saturated carbocycles. The molecule has 0 aliphatic heterocycles. The highest BCUT2D eigenvalue weighted by Gasteiger charge is 2.22. The van der Waals surface area contributed by atoms with Crippen LogP contribution in [0.4, 0.5) is 14.5 Å². The van der Waals surface area contributed by atoms with Crippen molar-refractivity contribution < 1.29 is 22.0 Å². The van der Waals surface area contributed by atoms with Gasteiger partial charge < -0.3 is 9.88 Å². The standard InChI is InChI=1S/C23H17ClF2N2O3S/c24-16-8-9-20(19(26)11-16)27-23(29)13-28-12-22(18-6-1-2-7-21(18)28)32(30,31)14-15-4-3-5-17(25)10-15/h1-12H,13-14H2,(H,27,29). The van der Waals surface area contributed by atoms with E-state index in [1.807, 2.05) is 0 Å². The second-order valence-electron chi connectivity index (χ2n) is 7.20. The molecule has 0 spiro atoms. The van der Waals surface area contributed by atoms with Crippen LogP contribution in [-0.4, -0.2) is 18.9 Å². The molecule has 0 saturated heterocycles. The molecule has 0 unspecified atom stereocenters. The summed E-state index contributed by atoms with van der Waals surface area (Å²) in [4.78, 5) is 12.6. The zero-order valence-electron chi connectivity index (χ0n) is 16.6. The molecule has 1 amide bonds. The van der Waals surface area contributed by atoms with Gasteiger partial charge in [-0.3, -0.25) is 4.79 Å². The van der Waals surface area contributed by atoms with Crippen LogP contribution in [0.25, 0.3) is 10.9 Å². The predicted octanol–water partition coefficient (Wildman–Crippen LogP) is 5.19. The number of para-hydroxylation sites is 1. The minimum absolute atomic E-state index is 0.0304. The fourth-order valence-electron chi connectivity index (χ4n) is 3.45. The first-order valence-corrected chi connectivity index (χ1v) is 11.6. The van der Waals surface area contributed by atoms with Crippen LogP contribution >= 0.6 is 11.6 Å². The average Bonchev–Trinajstić information content (AvgIpc) is 3.09. The molecule has 5 nitrogen and oxygen atoms in total. The van der Waals surface area contributed by atoms with Crippen molar-refractivity contribution in [3.05, 3.63) is 95.1 Å². The molecular weight excluding hydrogens is 458 g/mol. The summed E-state index contributed by atoms with van der Waals surface area (Å²) in [6.07, 6.45) is 1.37. The summed E-state index contributed by atoms with van der Waals surface area (Å²) in [5.41, 5.74) is 0.810. The van der Waals surface area contributed by atoms with Crippen molar-refractivity contribution in [3.8, 4) is 0 Å². The monoisotopic (exact) mass is 474 g/mol. The maximum Gasteiger partial charge on any atom is 0.244 e. The molecule has 4 rings (SSSR count). The Morgan fingerprint density at radius 2 is 1.78 bits per heavy atom. The number of hydrogen-bond acceptors (Lipinski definition) is 3. The van der Waals surface area contributed by atoms with Crippen molar-refractivity contribution in [2.45, 2.75) is 17.2 Å². The third-order valence-corrected chi connectivity index (χ3v) is 6.80. The summed E-state index contributed by atoms with van der Waals surface area (Å²) in [6.45, 7) is -0.238. The third kappa shape index (κ3) is 4.66. The molecule has 0 fully saturated rings. The largest absolute Gasteiger partial charge is 0.337 e. The second-order valence-corrected chi connectivity index (χ2v) is 9.59. The van der Waals surface area contributed by atoms with Crippen LogP contribution < -0.4 is 5.32 Å². The van der Waals surface area contributed by atoms with E-state index in [1.165, 1.54) is 47.2 Å². The van der Waals surface area contributed by atoms with E-state index >= 15 is 0 Å². The number of amides is 1. The van der Waals surface area contributed by atoms with Crippen molar-refractivity contribution in [2.24, 2.45) is 0 Å². The number of anilines is 1. The summed E-state index contributed by atoms with van der Waals surface area (Å²) in [7, 11) is -3.84. The SMILES string of the molecule is O=C(Cn1cc(S(=O)(=O)Cc2cccc(F)c2)c2ccccc21)Nc1ccc(Cl)cc1F. The van der Waals surface area contributed by atoms with E-state index in [-0.39, 0.29) is 27.9 Å². The number of halogens is 3. The molecule has 32 heavy (non-hydrogen) atoms. The van der Waals surface area contributed by atoms with E-state index in [2.05, 4.69) is 5.32 Å². The predicted molar refractivity (Wildman–Crippen MR) is 119 cm³/mol. The number of sulfone groups is 1. The Balaban J connectivity index is 1.64. The van der Waals surface area contributed by atoms with Crippen LogP contribution in [0.3, 0.4) is 0 Å². The van der Waals surface area contributed by atoms with Gasteiger partial charge in [0.1, 0.15) is 18.2 Å². The lowest BCUT2D eigenvalue weighted by Crippen LogP contribution is -2.19. The first kappa shape index (κ1) is 22.0. The zero-order chi connectivity index (χ0) is 22.9. The number of hydrogen-bond donors (Lipinski definition) is 1. The third-order valence-electron chi connectivity index (χ3n) is 4.85. The molecule has 164 valence electrons. The van der Waals surface area contributed by atoms with Gasteiger partial charge in [-0.25, -0.2) is 17.2 Å². The smallest absolute Gasteiger partial charge is 0.244 e. The second kappa shape index (κ2) is 8.72. The van der Waals surface area contributed by atoms with E-state index in [4.69, 9.17) is 11.6 Å². The summed E-state index contributed by atoms with van der Waals surface area (Å²) in [5, 5.41) is 3.10. The van der Waals surface area contributed by atoms with Gasteiger partial charge in [0.15, 0.2) is 9.84 Å². The van der Waals surface area contributed by atoms with E-state index in [9.17, 15) is 22.0 Å². The molecule has 0 atom stereocenters. The maximum atomic E-state index is 14.0. The molecule has 4 aromatic rings. The highest BCUT2D eigenvalue weighted by Crippen LogP contribution is 2.28. The van der Waals surface area contributed by atoms with E-state index in [0.717, 1.165) is 6.07 Å². The summed E-state index contributed by atoms with van der Waals surface area (Å²) < 4.78 is 55.2. The molecule has 0 bridgehead atoms. The number of carbonyl (C=O) groups excluding carboxylic acids is 1. The lowest BCUT2D eigenvalue weighted by atomic mass is 10.2. The lowest BCUT2D eigenvalue weighted by molar-refractivity contribution is -0.116. The number of nitrogens with zero attached hydrogens (tertiary/aromatic N) is 1. The van der Waals surface area contributed by atoms with Crippen LogP contribution in [0.5, 0.6) is 0 Å². The van der Waals surface area contributed by atoms with Gasteiger partial charge in [0, 0.05) is 22.1 Å². The van der Waals surface area contributed by atoms with Gasteiger partial charge in [-0.1, -0.05) is 41.9 Å². The molecule has 3 aromatic carbocycles. The first-order chi connectivity index (χ1) is 15.2. The summed E-state index contributed by atoms with van der Waals surface area (Å²) in [6, 6.07) is 16.0. The van der Waals surface area contributed by atoms with Crippen molar-refractivity contribution in [3.63, 3.8) is 0 Å². The quantitative estimate of drug-likeness (QED) is 0.418. The van der Waals surface area contributed by atoms with Gasteiger partial charge >= 0.3 is 0 Å². The van der Waals surface area contributed by atoms with Crippen LogP contribution in [0, 0.1) is 11.6 Å². The molecule has 0 aliphatic rings. The Labute approximate surface area is 188 Å². The van der Waals surface area contributed by atoms with Crippen molar-refractivity contribution in [1.29, 1.82) is 0 Å². The molecule has 0 radical (unpaired) electrons.